The fraction of sp³-hybridized carbons (Fsp3) is 1.00. The Morgan fingerprint density at radius 2 is 1.82 bits per heavy atom. The van der Waals surface area contributed by atoms with Gasteiger partial charge in [0.15, 0.2) is 0 Å². The van der Waals surface area contributed by atoms with Crippen molar-refractivity contribution in [1.82, 2.24) is 5.32 Å². The molecule has 0 spiro atoms. The van der Waals surface area contributed by atoms with Crippen molar-refractivity contribution in [2.45, 2.75) is 38.7 Å². The number of hydrogen-bond donors (Lipinski definition) is 1. The summed E-state index contributed by atoms with van der Waals surface area (Å²) in [6, 6.07) is 0.183. The van der Waals surface area contributed by atoms with E-state index in [9.17, 15) is 8.78 Å². The molecular formula is C8H15F2N. The van der Waals surface area contributed by atoms with Crippen LogP contribution < -0.4 is 5.32 Å². The maximum Gasteiger partial charge on any atom is 0.249 e. The van der Waals surface area contributed by atoms with Crippen molar-refractivity contribution in [3.63, 3.8) is 0 Å². The first-order chi connectivity index (χ1) is 4.90. The second kappa shape index (κ2) is 2.41. The highest BCUT2D eigenvalue weighted by Crippen LogP contribution is 2.53. The third-order valence-electron chi connectivity index (χ3n) is 2.80. The van der Waals surface area contributed by atoms with Gasteiger partial charge in [0, 0.05) is 18.9 Å². The van der Waals surface area contributed by atoms with E-state index >= 15 is 0 Å². The van der Waals surface area contributed by atoms with E-state index in [4.69, 9.17) is 0 Å². The Morgan fingerprint density at radius 3 is 2.09 bits per heavy atom. The summed E-state index contributed by atoms with van der Waals surface area (Å²) in [5, 5.41) is 3.01. The Bertz CT molecular complexity index is 148. The minimum Gasteiger partial charge on any atom is -0.317 e. The molecule has 0 amide bonds. The van der Waals surface area contributed by atoms with Gasteiger partial charge >= 0.3 is 0 Å². The van der Waals surface area contributed by atoms with E-state index in [1.165, 1.54) is 0 Å². The lowest BCUT2D eigenvalue weighted by molar-refractivity contribution is -0.163. The van der Waals surface area contributed by atoms with Crippen molar-refractivity contribution in [2.75, 3.05) is 7.05 Å². The van der Waals surface area contributed by atoms with E-state index in [2.05, 4.69) is 5.32 Å². The van der Waals surface area contributed by atoms with Crippen molar-refractivity contribution in [1.29, 1.82) is 0 Å². The summed E-state index contributed by atoms with van der Waals surface area (Å²) in [4.78, 5) is 0. The van der Waals surface area contributed by atoms with Crippen LogP contribution in [0.15, 0.2) is 0 Å². The Labute approximate surface area is 66.2 Å². The quantitative estimate of drug-likeness (QED) is 0.656. The molecule has 66 valence electrons. The predicted molar refractivity (Wildman–Crippen MR) is 40.8 cm³/mol. The number of alkyl halides is 2. The first-order valence-corrected chi connectivity index (χ1v) is 3.95. The summed E-state index contributed by atoms with van der Waals surface area (Å²) < 4.78 is 25.0. The fourth-order valence-corrected chi connectivity index (χ4v) is 1.78. The van der Waals surface area contributed by atoms with Gasteiger partial charge in [-0.3, -0.25) is 0 Å². The highest BCUT2D eigenvalue weighted by atomic mass is 19.3. The van der Waals surface area contributed by atoms with Gasteiger partial charge in [-0.15, -0.1) is 0 Å². The zero-order valence-electron chi connectivity index (χ0n) is 7.25. The lowest BCUT2D eigenvalue weighted by atomic mass is 9.63. The molecule has 1 aliphatic carbocycles. The molecule has 0 heterocycles. The maximum absolute atomic E-state index is 12.5. The van der Waals surface area contributed by atoms with Crippen LogP contribution in [0.2, 0.25) is 0 Å². The predicted octanol–water partition coefficient (Wildman–Crippen LogP) is 2.03. The standard InChI is InChI=1S/C8H15F2N/c1-6(11-3)7(2)4-8(9,10)5-7/h6,11H,4-5H2,1-3H3. The molecule has 1 unspecified atom stereocenters. The van der Waals surface area contributed by atoms with Crippen molar-refractivity contribution < 1.29 is 8.78 Å². The summed E-state index contributed by atoms with van der Waals surface area (Å²) in [5.74, 6) is -2.40. The van der Waals surface area contributed by atoms with Gasteiger partial charge in [0.25, 0.3) is 0 Å². The minimum atomic E-state index is -2.40. The molecule has 1 nitrogen and oxygen atoms in total. The summed E-state index contributed by atoms with van der Waals surface area (Å²) >= 11 is 0. The Kier molecular flexibility index (Phi) is 1.95. The first-order valence-electron chi connectivity index (χ1n) is 3.95. The second-order valence-electron chi connectivity index (χ2n) is 3.87. The van der Waals surface area contributed by atoms with Crippen LogP contribution in [-0.2, 0) is 0 Å². The van der Waals surface area contributed by atoms with Gasteiger partial charge in [-0.05, 0) is 19.4 Å². The summed E-state index contributed by atoms with van der Waals surface area (Å²) in [7, 11) is 1.81. The zero-order valence-corrected chi connectivity index (χ0v) is 7.25. The van der Waals surface area contributed by atoms with Gasteiger partial charge in [-0.25, -0.2) is 8.78 Å². The third-order valence-corrected chi connectivity index (χ3v) is 2.80. The molecule has 0 aliphatic heterocycles. The molecule has 1 N–H and O–H groups in total. The molecule has 1 saturated carbocycles. The molecule has 1 rings (SSSR count). The van der Waals surface area contributed by atoms with Crippen LogP contribution in [0.4, 0.5) is 8.78 Å². The summed E-state index contributed by atoms with van der Waals surface area (Å²) in [5.41, 5.74) is -0.196. The van der Waals surface area contributed by atoms with Crippen LogP contribution >= 0.6 is 0 Å². The van der Waals surface area contributed by atoms with E-state index in [-0.39, 0.29) is 24.3 Å². The maximum atomic E-state index is 12.5. The van der Waals surface area contributed by atoms with Gasteiger partial charge in [-0.1, -0.05) is 6.92 Å². The third kappa shape index (κ3) is 1.53. The monoisotopic (exact) mass is 163 g/mol. The van der Waals surface area contributed by atoms with Gasteiger partial charge in [0.05, 0.1) is 0 Å². The van der Waals surface area contributed by atoms with Crippen LogP contribution in [0, 0.1) is 5.41 Å². The number of hydrogen-bond acceptors (Lipinski definition) is 1. The topological polar surface area (TPSA) is 12.0 Å². The van der Waals surface area contributed by atoms with Gasteiger partial charge in [0.1, 0.15) is 0 Å². The minimum absolute atomic E-state index is 0.0298. The van der Waals surface area contributed by atoms with E-state index in [0.29, 0.717) is 0 Å². The number of halogens is 2. The van der Waals surface area contributed by atoms with E-state index in [0.717, 1.165) is 0 Å². The van der Waals surface area contributed by atoms with Crippen LogP contribution in [0.5, 0.6) is 0 Å². The Hall–Kier alpha value is -0.180. The van der Waals surface area contributed by atoms with Crippen LogP contribution in [-0.4, -0.2) is 19.0 Å². The lowest BCUT2D eigenvalue weighted by Crippen LogP contribution is -2.53. The van der Waals surface area contributed by atoms with E-state index in [1.54, 1.807) is 0 Å². The zero-order chi connectivity index (χ0) is 8.70. The summed E-state index contributed by atoms with van der Waals surface area (Å²) in [6.07, 6.45) is 0.0595. The fourth-order valence-electron chi connectivity index (χ4n) is 1.78. The van der Waals surface area contributed by atoms with Gasteiger partial charge < -0.3 is 5.32 Å². The molecule has 11 heavy (non-hydrogen) atoms. The Morgan fingerprint density at radius 1 is 1.36 bits per heavy atom. The molecular weight excluding hydrogens is 148 g/mol. The highest BCUT2D eigenvalue weighted by molar-refractivity contribution is 5.00. The van der Waals surface area contributed by atoms with E-state index < -0.39 is 5.92 Å². The molecule has 1 aliphatic rings. The molecule has 0 aromatic rings. The molecule has 3 heteroatoms. The average Bonchev–Trinajstić information content (AvgIpc) is 1.81. The molecule has 0 aromatic carbocycles. The smallest absolute Gasteiger partial charge is 0.249 e. The molecule has 1 atom stereocenters. The normalized spacial score (nSPS) is 29.2. The Balaban J connectivity index is 2.49. The molecule has 0 bridgehead atoms. The molecule has 0 aromatic heterocycles. The van der Waals surface area contributed by atoms with Gasteiger partial charge in [-0.2, -0.15) is 0 Å². The largest absolute Gasteiger partial charge is 0.317 e. The summed E-state index contributed by atoms with van der Waals surface area (Å²) in [6.45, 7) is 3.86. The first kappa shape index (κ1) is 8.91. The molecule has 0 radical (unpaired) electrons. The molecule has 0 saturated heterocycles. The lowest BCUT2D eigenvalue weighted by Gasteiger charge is -2.48. The van der Waals surface area contributed by atoms with Crippen molar-refractivity contribution in [2.24, 2.45) is 5.41 Å². The highest BCUT2D eigenvalue weighted by Gasteiger charge is 2.55. The van der Waals surface area contributed by atoms with Crippen molar-refractivity contribution in [3.8, 4) is 0 Å². The van der Waals surface area contributed by atoms with Crippen LogP contribution in [0.25, 0.3) is 0 Å². The van der Waals surface area contributed by atoms with E-state index in [1.807, 2.05) is 20.9 Å². The second-order valence-corrected chi connectivity index (χ2v) is 3.87. The SMILES string of the molecule is CNC(C)C1(C)CC(F)(F)C1. The van der Waals surface area contributed by atoms with Crippen LogP contribution in [0.3, 0.4) is 0 Å². The van der Waals surface area contributed by atoms with Gasteiger partial charge in [0.2, 0.25) is 5.92 Å². The van der Waals surface area contributed by atoms with Crippen molar-refractivity contribution in [3.05, 3.63) is 0 Å². The molecule has 1 fully saturated rings. The number of nitrogens with one attached hydrogen (secondary N) is 1. The number of rotatable bonds is 2. The average molecular weight is 163 g/mol. The van der Waals surface area contributed by atoms with Crippen LogP contribution in [0.1, 0.15) is 26.7 Å². The van der Waals surface area contributed by atoms with Crippen molar-refractivity contribution >= 4 is 0 Å².